The Labute approximate surface area is 290 Å². The highest BCUT2D eigenvalue weighted by Gasteiger charge is 2.28. The maximum absolute atomic E-state index is 12.6. The third-order valence-corrected chi connectivity index (χ3v) is 8.67. The standard InChI is InChI=1S/C38H44N6O6/c1-2-3-4-5-6-7-8-9-10-11-22-39-32(45)21-14-25-12-15-27(16-13-25)33-34(42-35(41-33)29-24-40-38(49)43-36(29)46)28-19-17-26(18-20-28)30-23-31(37(47)48)50-44-30/h12-21,24,31H,2-11,22-23H2,1H3,(H,39,45)(H,41,42)(H,47,48)(H2,40,43,46,49). The number of hydrogen-bond donors (Lipinski definition) is 5. The van der Waals surface area contributed by atoms with E-state index >= 15 is 0 Å². The molecule has 262 valence electrons. The van der Waals surface area contributed by atoms with Crippen molar-refractivity contribution in [2.24, 2.45) is 5.16 Å². The molecule has 0 aliphatic carbocycles. The number of benzene rings is 2. The van der Waals surface area contributed by atoms with Gasteiger partial charge in [-0.2, -0.15) is 0 Å². The van der Waals surface area contributed by atoms with Crippen LogP contribution in [0, 0.1) is 0 Å². The quantitative estimate of drug-likeness (QED) is 0.0594. The average molecular weight is 681 g/mol. The number of rotatable bonds is 18. The van der Waals surface area contributed by atoms with Crippen LogP contribution < -0.4 is 16.6 Å². The molecule has 2 aromatic carbocycles. The molecule has 1 aliphatic heterocycles. The molecule has 1 unspecified atom stereocenters. The van der Waals surface area contributed by atoms with E-state index in [1.54, 1.807) is 6.08 Å². The van der Waals surface area contributed by atoms with Gasteiger partial charge in [0.1, 0.15) is 5.82 Å². The summed E-state index contributed by atoms with van der Waals surface area (Å²) in [6.07, 6.45) is 16.2. The first-order valence-electron chi connectivity index (χ1n) is 17.4. The molecular weight excluding hydrogens is 636 g/mol. The van der Waals surface area contributed by atoms with Crippen molar-refractivity contribution >= 4 is 23.7 Å². The lowest BCUT2D eigenvalue weighted by atomic mass is 10.00. The summed E-state index contributed by atoms with van der Waals surface area (Å²) >= 11 is 0. The lowest BCUT2D eigenvalue weighted by Gasteiger charge is -2.06. The molecule has 5 N–H and O–H groups in total. The topological polar surface area (TPSA) is 182 Å². The van der Waals surface area contributed by atoms with Crippen LogP contribution in [0.1, 0.15) is 88.7 Å². The molecule has 12 heteroatoms. The number of imidazole rings is 1. The summed E-state index contributed by atoms with van der Waals surface area (Å²) in [6, 6.07) is 14.8. The van der Waals surface area contributed by atoms with Gasteiger partial charge in [0, 0.05) is 36.4 Å². The fourth-order valence-electron chi connectivity index (χ4n) is 5.82. The van der Waals surface area contributed by atoms with Crippen molar-refractivity contribution in [2.45, 2.75) is 83.7 Å². The third-order valence-electron chi connectivity index (χ3n) is 8.67. The molecule has 5 rings (SSSR count). The number of carboxylic acid groups (broad SMARTS) is 1. The first-order chi connectivity index (χ1) is 24.3. The van der Waals surface area contributed by atoms with E-state index in [1.165, 1.54) is 63.6 Å². The van der Waals surface area contributed by atoms with E-state index in [4.69, 9.17) is 9.82 Å². The van der Waals surface area contributed by atoms with E-state index in [0.717, 1.165) is 35.1 Å². The van der Waals surface area contributed by atoms with Crippen molar-refractivity contribution in [1.82, 2.24) is 25.3 Å². The van der Waals surface area contributed by atoms with Gasteiger partial charge in [-0.15, -0.1) is 0 Å². The maximum atomic E-state index is 12.6. The van der Waals surface area contributed by atoms with Gasteiger partial charge in [-0.05, 0) is 23.6 Å². The van der Waals surface area contributed by atoms with Crippen LogP contribution in [0.2, 0.25) is 0 Å². The molecule has 12 nitrogen and oxygen atoms in total. The Morgan fingerprint density at radius 3 is 2.16 bits per heavy atom. The molecule has 0 saturated carbocycles. The molecular formula is C38H44N6O6. The number of carboxylic acids is 1. The van der Waals surface area contributed by atoms with Gasteiger partial charge in [0.2, 0.25) is 12.0 Å². The highest BCUT2D eigenvalue weighted by molar-refractivity contribution is 6.03. The Hall–Kier alpha value is -5.52. The number of nitrogens with zero attached hydrogens (tertiary/aromatic N) is 2. The smallest absolute Gasteiger partial charge is 0.348 e. The second kappa shape index (κ2) is 17.8. The van der Waals surface area contributed by atoms with E-state index in [2.05, 4.69) is 32.3 Å². The number of carbonyl (C=O) groups is 2. The van der Waals surface area contributed by atoms with Crippen molar-refractivity contribution in [3.8, 4) is 33.9 Å². The predicted molar refractivity (Wildman–Crippen MR) is 194 cm³/mol. The molecule has 4 aromatic rings. The summed E-state index contributed by atoms with van der Waals surface area (Å²) < 4.78 is 0. The molecule has 0 spiro atoms. The van der Waals surface area contributed by atoms with Crippen LogP contribution in [-0.4, -0.2) is 55.3 Å². The normalized spacial score (nSPS) is 14.1. The monoisotopic (exact) mass is 680 g/mol. The molecule has 0 saturated heterocycles. The fraction of sp³-hybridized carbons (Fsp3) is 0.368. The molecule has 0 fully saturated rings. The molecule has 2 aromatic heterocycles. The minimum absolute atomic E-state index is 0.131. The molecule has 1 atom stereocenters. The van der Waals surface area contributed by atoms with E-state index in [0.29, 0.717) is 23.6 Å². The minimum Gasteiger partial charge on any atom is -0.478 e. The number of unbranched alkanes of at least 4 members (excludes halogenated alkanes) is 9. The number of hydrogen-bond acceptors (Lipinski definition) is 7. The Kier molecular flexibility index (Phi) is 12.7. The summed E-state index contributed by atoms with van der Waals surface area (Å²) in [4.78, 5) is 65.6. The lowest BCUT2D eigenvalue weighted by Crippen LogP contribution is -2.22. The van der Waals surface area contributed by atoms with Gasteiger partial charge in [-0.3, -0.25) is 14.6 Å². The van der Waals surface area contributed by atoms with Crippen LogP contribution in [-0.2, 0) is 14.4 Å². The zero-order valence-corrected chi connectivity index (χ0v) is 28.3. The zero-order chi connectivity index (χ0) is 35.3. The van der Waals surface area contributed by atoms with Gasteiger partial charge < -0.3 is 25.2 Å². The first kappa shape index (κ1) is 35.8. The van der Waals surface area contributed by atoms with Crippen molar-refractivity contribution in [1.29, 1.82) is 0 Å². The Morgan fingerprint density at radius 2 is 1.52 bits per heavy atom. The Morgan fingerprint density at radius 1 is 0.880 bits per heavy atom. The minimum atomic E-state index is -1.07. The van der Waals surface area contributed by atoms with E-state index in [-0.39, 0.29) is 23.7 Å². The number of carbonyl (C=O) groups excluding carboxylic acids is 1. The van der Waals surface area contributed by atoms with Gasteiger partial charge in [-0.1, -0.05) is 118 Å². The van der Waals surface area contributed by atoms with E-state index in [9.17, 15) is 24.3 Å². The highest BCUT2D eigenvalue weighted by atomic mass is 16.7. The Balaban J connectivity index is 1.23. The van der Waals surface area contributed by atoms with Crippen LogP contribution in [0.15, 0.2) is 75.5 Å². The van der Waals surface area contributed by atoms with Crippen LogP contribution in [0.5, 0.6) is 0 Å². The van der Waals surface area contributed by atoms with Gasteiger partial charge in [0.15, 0.2) is 0 Å². The van der Waals surface area contributed by atoms with E-state index < -0.39 is 23.3 Å². The predicted octanol–water partition coefficient (Wildman–Crippen LogP) is 6.42. The molecule has 50 heavy (non-hydrogen) atoms. The van der Waals surface area contributed by atoms with Gasteiger partial charge in [0.25, 0.3) is 5.56 Å². The number of nitrogens with one attached hydrogen (secondary N) is 4. The summed E-state index contributed by atoms with van der Waals surface area (Å²) in [5.41, 5.74) is 3.73. The van der Waals surface area contributed by atoms with Crippen LogP contribution in [0.25, 0.3) is 40.0 Å². The second-order valence-corrected chi connectivity index (χ2v) is 12.5. The van der Waals surface area contributed by atoms with Crippen LogP contribution >= 0.6 is 0 Å². The van der Waals surface area contributed by atoms with E-state index in [1.807, 2.05) is 48.5 Å². The molecule has 1 aliphatic rings. The second-order valence-electron chi connectivity index (χ2n) is 12.5. The summed E-state index contributed by atoms with van der Waals surface area (Å²) in [6.45, 7) is 2.90. The van der Waals surface area contributed by atoms with Crippen molar-refractivity contribution < 1.29 is 19.5 Å². The number of aromatic nitrogens is 4. The number of aromatic amines is 3. The zero-order valence-electron chi connectivity index (χ0n) is 28.3. The van der Waals surface area contributed by atoms with Crippen molar-refractivity contribution in [2.75, 3.05) is 6.54 Å². The number of amides is 1. The van der Waals surface area contributed by atoms with Crippen LogP contribution in [0.3, 0.4) is 0 Å². The fourth-order valence-corrected chi connectivity index (χ4v) is 5.82. The van der Waals surface area contributed by atoms with Gasteiger partial charge in [-0.25, -0.2) is 14.6 Å². The van der Waals surface area contributed by atoms with Crippen molar-refractivity contribution in [3.05, 3.63) is 92.8 Å². The maximum Gasteiger partial charge on any atom is 0.348 e. The lowest BCUT2D eigenvalue weighted by molar-refractivity contribution is -0.148. The molecule has 0 bridgehead atoms. The number of H-pyrrole nitrogens is 3. The number of oxime groups is 1. The highest BCUT2D eigenvalue weighted by Crippen LogP contribution is 2.33. The average Bonchev–Trinajstić information content (AvgIpc) is 3.79. The third kappa shape index (κ3) is 9.77. The molecule has 0 radical (unpaired) electrons. The first-order valence-corrected chi connectivity index (χ1v) is 17.4. The summed E-state index contributed by atoms with van der Waals surface area (Å²) in [7, 11) is 0. The molecule has 3 heterocycles. The molecule has 1 amide bonds. The van der Waals surface area contributed by atoms with Crippen LogP contribution in [0.4, 0.5) is 0 Å². The van der Waals surface area contributed by atoms with Gasteiger partial charge >= 0.3 is 11.7 Å². The Bertz CT molecular complexity index is 1920. The SMILES string of the molecule is CCCCCCCCCCCCNC(=O)C=Cc1ccc(-c2[nH]c(-c3c[nH]c(=O)[nH]c3=O)nc2-c2ccc(C3=NOC(C(=O)O)C3)cc2)cc1. The summed E-state index contributed by atoms with van der Waals surface area (Å²) in [5.74, 6) is -0.943. The largest absolute Gasteiger partial charge is 0.478 e. The summed E-state index contributed by atoms with van der Waals surface area (Å²) in [5, 5.41) is 16.1. The van der Waals surface area contributed by atoms with Crippen molar-refractivity contribution in [3.63, 3.8) is 0 Å². The van der Waals surface area contributed by atoms with Gasteiger partial charge in [0.05, 0.1) is 22.7 Å². The number of aliphatic carboxylic acids is 1.